The van der Waals surface area contributed by atoms with Gasteiger partial charge >= 0.3 is 6.03 Å². The first-order valence-electron chi connectivity index (χ1n) is 9.25. The fourth-order valence-electron chi connectivity index (χ4n) is 3.30. The van der Waals surface area contributed by atoms with Crippen LogP contribution in [0.15, 0.2) is 60.7 Å². The number of amides is 2. The van der Waals surface area contributed by atoms with Gasteiger partial charge in [-0.05, 0) is 18.2 Å². The summed E-state index contributed by atoms with van der Waals surface area (Å²) < 4.78 is 0. The number of nitrogens with one attached hydrogen (secondary N) is 2. The molecule has 138 valence electrons. The summed E-state index contributed by atoms with van der Waals surface area (Å²) in [6.45, 7) is 5.30. The van der Waals surface area contributed by atoms with Crippen LogP contribution in [-0.2, 0) is 6.54 Å². The average molecular weight is 352 g/mol. The zero-order chi connectivity index (χ0) is 18.2. The van der Waals surface area contributed by atoms with Crippen LogP contribution in [0.25, 0.3) is 0 Å². The SMILES string of the molecule is CN1CCN(C(CNC(=O)NCc2ccccc2)c2ccccc2)CC1. The second-order valence-electron chi connectivity index (χ2n) is 6.81. The summed E-state index contributed by atoms with van der Waals surface area (Å²) in [5.41, 5.74) is 2.35. The van der Waals surface area contributed by atoms with Gasteiger partial charge in [-0.2, -0.15) is 0 Å². The molecule has 1 aliphatic rings. The molecule has 2 aromatic carbocycles. The van der Waals surface area contributed by atoms with Crippen molar-refractivity contribution < 1.29 is 4.79 Å². The lowest BCUT2D eigenvalue weighted by atomic mass is 10.0. The van der Waals surface area contributed by atoms with Gasteiger partial charge in [0.1, 0.15) is 0 Å². The molecule has 1 heterocycles. The third-order valence-electron chi connectivity index (χ3n) is 4.91. The minimum Gasteiger partial charge on any atom is -0.336 e. The van der Waals surface area contributed by atoms with Crippen molar-refractivity contribution in [3.8, 4) is 0 Å². The molecule has 1 fully saturated rings. The van der Waals surface area contributed by atoms with E-state index in [0.29, 0.717) is 13.1 Å². The number of hydrogen-bond acceptors (Lipinski definition) is 3. The normalized spacial score (nSPS) is 16.8. The zero-order valence-corrected chi connectivity index (χ0v) is 15.4. The predicted octanol–water partition coefficient (Wildman–Crippen LogP) is 2.47. The van der Waals surface area contributed by atoms with Crippen molar-refractivity contribution in [3.63, 3.8) is 0 Å². The van der Waals surface area contributed by atoms with Crippen molar-refractivity contribution in [2.45, 2.75) is 12.6 Å². The molecule has 1 atom stereocenters. The van der Waals surface area contributed by atoms with E-state index in [1.807, 2.05) is 36.4 Å². The molecule has 0 bridgehead atoms. The molecule has 5 nitrogen and oxygen atoms in total. The van der Waals surface area contributed by atoms with Gasteiger partial charge in [-0.15, -0.1) is 0 Å². The van der Waals surface area contributed by atoms with E-state index in [9.17, 15) is 4.79 Å². The molecule has 1 unspecified atom stereocenters. The van der Waals surface area contributed by atoms with Gasteiger partial charge in [0, 0.05) is 39.3 Å². The van der Waals surface area contributed by atoms with E-state index in [2.05, 4.69) is 51.7 Å². The van der Waals surface area contributed by atoms with E-state index < -0.39 is 0 Å². The van der Waals surface area contributed by atoms with Gasteiger partial charge in [0.05, 0.1) is 6.04 Å². The van der Waals surface area contributed by atoms with Gasteiger partial charge in [0.2, 0.25) is 0 Å². The van der Waals surface area contributed by atoms with Crippen molar-refractivity contribution in [3.05, 3.63) is 71.8 Å². The summed E-state index contributed by atoms with van der Waals surface area (Å²) in [5, 5.41) is 5.99. The Balaban J connectivity index is 1.56. The quantitative estimate of drug-likeness (QED) is 0.840. The highest BCUT2D eigenvalue weighted by Crippen LogP contribution is 2.21. The Morgan fingerprint density at radius 3 is 2.19 bits per heavy atom. The molecule has 5 heteroatoms. The maximum absolute atomic E-state index is 12.2. The first-order valence-corrected chi connectivity index (χ1v) is 9.25. The smallest absolute Gasteiger partial charge is 0.315 e. The Kier molecular flexibility index (Phi) is 6.63. The van der Waals surface area contributed by atoms with Crippen LogP contribution in [0.4, 0.5) is 4.79 Å². The Morgan fingerprint density at radius 1 is 0.923 bits per heavy atom. The molecule has 26 heavy (non-hydrogen) atoms. The highest BCUT2D eigenvalue weighted by molar-refractivity contribution is 5.73. The summed E-state index contributed by atoms with van der Waals surface area (Å²) in [6.07, 6.45) is 0. The van der Waals surface area contributed by atoms with Crippen molar-refractivity contribution in [1.29, 1.82) is 0 Å². The summed E-state index contributed by atoms with van der Waals surface area (Å²) in [4.78, 5) is 17.0. The molecule has 2 N–H and O–H groups in total. The molecule has 2 amide bonds. The summed E-state index contributed by atoms with van der Waals surface area (Å²) in [5.74, 6) is 0. The van der Waals surface area contributed by atoms with Crippen LogP contribution in [0.1, 0.15) is 17.2 Å². The number of carbonyl (C=O) groups is 1. The molecule has 3 rings (SSSR count). The van der Waals surface area contributed by atoms with Crippen molar-refractivity contribution >= 4 is 6.03 Å². The summed E-state index contributed by atoms with van der Waals surface area (Å²) >= 11 is 0. The van der Waals surface area contributed by atoms with Gasteiger partial charge in [0.15, 0.2) is 0 Å². The van der Waals surface area contributed by atoms with E-state index in [1.54, 1.807) is 0 Å². The molecule has 1 saturated heterocycles. The first-order chi connectivity index (χ1) is 12.7. The monoisotopic (exact) mass is 352 g/mol. The van der Waals surface area contributed by atoms with E-state index in [4.69, 9.17) is 0 Å². The van der Waals surface area contributed by atoms with Crippen molar-refractivity contribution in [1.82, 2.24) is 20.4 Å². The number of carbonyl (C=O) groups excluding carboxylic acids is 1. The fourth-order valence-corrected chi connectivity index (χ4v) is 3.30. The Hall–Kier alpha value is -2.37. The highest BCUT2D eigenvalue weighted by atomic mass is 16.2. The van der Waals surface area contributed by atoms with Crippen LogP contribution in [0.3, 0.4) is 0 Å². The fraction of sp³-hybridized carbons (Fsp3) is 0.381. The molecular formula is C21H28N4O. The predicted molar refractivity (Wildman–Crippen MR) is 105 cm³/mol. The Morgan fingerprint density at radius 2 is 1.54 bits per heavy atom. The van der Waals surface area contributed by atoms with Gasteiger partial charge in [-0.1, -0.05) is 60.7 Å². The maximum atomic E-state index is 12.2. The lowest BCUT2D eigenvalue weighted by molar-refractivity contribution is 0.111. The molecule has 0 radical (unpaired) electrons. The molecule has 0 aromatic heterocycles. The summed E-state index contributed by atoms with van der Waals surface area (Å²) in [7, 11) is 2.16. The van der Waals surface area contributed by atoms with Gasteiger partial charge in [0.25, 0.3) is 0 Å². The Bertz CT molecular complexity index is 669. The number of urea groups is 1. The van der Waals surface area contributed by atoms with Crippen molar-refractivity contribution in [2.75, 3.05) is 39.8 Å². The molecular weight excluding hydrogens is 324 g/mol. The number of benzene rings is 2. The van der Waals surface area contributed by atoms with Crippen LogP contribution < -0.4 is 10.6 Å². The van der Waals surface area contributed by atoms with E-state index >= 15 is 0 Å². The van der Waals surface area contributed by atoms with Crippen LogP contribution in [0, 0.1) is 0 Å². The van der Waals surface area contributed by atoms with Crippen LogP contribution in [-0.4, -0.2) is 55.6 Å². The molecule has 0 saturated carbocycles. The topological polar surface area (TPSA) is 47.6 Å². The van der Waals surface area contributed by atoms with Crippen LogP contribution in [0.2, 0.25) is 0 Å². The second-order valence-corrected chi connectivity index (χ2v) is 6.81. The first kappa shape index (κ1) is 18.4. The molecule has 0 spiro atoms. The zero-order valence-electron chi connectivity index (χ0n) is 15.4. The number of likely N-dealkylation sites (N-methyl/N-ethyl adjacent to an activating group) is 1. The van der Waals surface area contributed by atoms with Crippen LogP contribution >= 0.6 is 0 Å². The van der Waals surface area contributed by atoms with Crippen molar-refractivity contribution in [2.24, 2.45) is 0 Å². The van der Waals surface area contributed by atoms with E-state index in [0.717, 1.165) is 31.7 Å². The van der Waals surface area contributed by atoms with Gasteiger partial charge in [-0.25, -0.2) is 4.79 Å². The lowest BCUT2D eigenvalue weighted by Crippen LogP contribution is -2.49. The minimum atomic E-state index is -0.121. The third kappa shape index (κ3) is 5.31. The molecule has 1 aliphatic heterocycles. The van der Waals surface area contributed by atoms with Crippen LogP contribution in [0.5, 0.6) is 0 Å². The number of rotatable bonds is 6. The van der Waals surface area contributed by atoms with Gasteiger partial charge in [-0.3, -0.25) is 4.90 Å². The standard InChI is InChI=1S/C21H28N4O/c1-24-12-14-25(15-13-24)20(19-10-6-3-7-11-19)17-23-21(26)22-16-18-8-4-2-5-9-18/h2-11,20H,12-17H2,1H3,(H2,22,23,26). The minimum absolute atomic E-state index is 0.121. The highest BCUT2D eigenvalue weighted by Gasteiger charge is 2.24. The number of nitrogens with zero attached hydrogens (tertiary/aromatic N) is 2. The van der Waals surface area contributed by atoms with E-state index in [1.165, 1.54) is 5.56 Å². The van der Waals surface area contributed by atoms with E-state index in [-0.39, 0.29) is 12.1 Å². The molecule has 2 aromatic rings. The van der Waals surface area contributed by atoms with Gasteiger partial charge < -0.3 is 15.5 Å². The Labute approximate surface area is 156 Å². The molecule has 0 aliphatic carbocycles. The third-order valence-corrected chi connectivity index (χ3v) is 4.91. The largest absolute Gasteiger partial charge is 0.336 e. The maximum Gasteiger partial charge on any atom is 0.315 e. The lowest BCUT2D eigenvalue weighted by Gasteiger charge is -2.38. The summed E-state index contributed by atoms with van der Waals surface area (Å²) in [6, 6.07) is 20.5. The average Bonchev–Trinajstić information content (AvgIpc) is 2.69. The number of piperazine rings is 1. The second kappa shape index (κ2) is 9.36. The number of hydrogen-bond donors (Lipinski definition) is 2.